The Morgan fingerprint density at radius 3 is 2.47 bits per heavy atom. The van der Waals surface area contributed by atoms with E-state index in [2.05, 4.69) is 9.44 Å². The molecule has 96 valence electrons. The second-order valence-corrected chi connectivity index (χ2v) is 5.45. The average molecular weight is 258 g/mol. The zero-order valence-electron chi connectivity index (χ0n) is 10.2. The molecule has 0 radical (unpaired) electrons. The summed E-state index contributed by atoms with van der Waals surface area (Å²) in [5.41, 5.74) is 1.78. The molecule has 0 aliphatic carbocycles. The van der Waals surface area contributed by atoms with Gasteiger partial charge in [-0.3, -0.25) is 4.72 Å². The molecule has 0 aliphatic heterocycles. The Hall–Kier alpha value is -1.27. The van der Waals surface area contributed by atoms with Crippen molar-refractivity contribution in [3.8, 4) is 5.75 Å². The summed E-state index contributed by atoms with van der Waals surface area (Å²) in [7, 11) is -3.53. The van der Waals surface area contributed by atoms with E-state index in [0.29, 0.717) is 23.4 Å². The van der Waals surface area contributed by atoms with Crippen molar-refractivity contribution >= 4 is 15.9 Å². The highest BCUT2D eigenvalue weighted by atomic mass is 32.2. The molecule has 0 spiro atoms. The zero-order chi connectivity index (χ0) is 13.1. The van der Waals surface area contributed by atoms with E-state index in [1.54, 1.807) is 19.9 Å². The maximum absolute atomic E-state index is 11.6. The number of benzene rings is 1. The van der Waals surface area contributed by atoms with E-state index in [1.807, 2.05) is 6.92 Å². The quantitative estimate of drug-likeness (QED) is 0.703. The molecule has 0 unspecified atom stereocenters. The first-order chi connectivity index (χ1) is 7.85. The summed E-state index contributed by atoms with van der Waals surface area (Å²) in [5.74, 6) is 0.159. The van der Waals surface area contributed by atoms with Crippen molar-refractivity contribution in [2.45, 2.75) is 27.2 Å². The van der Waals surface area contributed by atoms with Gasteiger partial charge in [0.05, 0.1) is 5.69 Å². The van der Waals surface area contributed by atoms with Crippen LogP contribution >= 0.6 is 0 Å². The van der Waals surface area contributed by atoms with Crippen LogP contribution in [0.1, 0.15) is 24.5 Å². The Bertz CT molecular complexity index is 498. The minimum Gasteiger partial charge on any atom is -0.508 e. The first-order valence-electron chi connectivity index (χ1n) is 5.43. The maximum Gasteiger partial charge on any atom is 0.299 e. The van der Waals surface area contributed by atoms with Gasteiger partial charge < -0.3 is 5.11 Å². The van der Waals surface area contributed by atoms with Crippen LogP contribution in [0.15, 0.2) is 12.1 Å². The van der Waals surface area contributed by atoms with Crippen molar-refractivity contribution in [3.05, 3.63) is 23.3 Å². The van der Waals surface area contributed by atoms with Gasteiger partial charge in [0, 0.05) is 6.54 Å². The molecule has 1 aromatic rings. The summed E-state index contributed by atoms with van der Waals surface area (Å²) in [6.07, 6.45) is 0.731. The van der Waals surface area contributed by atoms with E-state index in [1.165, 1.54) is 6.07 Å². The van der Waals surface area contributed by atoms with E-state index in [-0.39, 0.29) is 5.75 Å². The second-order valence-electron chi connectivity index (χ2n) is 3.95. The number of phenols is 1. The van der Waals surface area contributed by atoms with E-state index in [0.717, 1.165) is 6.42 Å². The monoisotopic (exact) mass is 258 g/mol. The third kappa shape index (κ3) is 3.90. The number of nitrogens with one attached hydrogen (secondary N) is 2. The van der Waals surface area contributed by atoms with Crippen molar-refractivity contribution in [2.75, 3.05) is 11.3 Å². The van der Waals surface area contributed by atoms with Gasteiger partial charge in [0.2, 0.25) is 0 Å². The van der Waals surface area contributed by atoms with Crippen LogP contribution in [-0.2, 0) is 10.2 Å². The molecule has 5 nitrogen and oxygen atoms in total. The van der Waals surface area contributed by atoms with Crippen molar-refractivity contribution in [1.29, 1.82) is 0 Å². The van der Waals surface area contributed by atoms with Gasteiger partial charge in [-0.25, -0.2) is 0 Å². The van der Waals surface area contributed by atoms with Crippen LogP contribution in [0, 0.1) is 13.8 Å². The van der Waals surface area contributed by atoms with E-state index < -0.39 is 10.2 Å². The minimum absolute atomic E-state index is 0.159. The smallest absolute Gasteiger partial charge is 0.299 e. The summed E-state index contributed by atoms with van der Waals surface area (Å²) < 4.78 is 28.1. The van der Waals surface area contributed by atoms with E-state index in [9.17, 15) is 13.5 Å². The lowest BCUT2D eigenvalue weighted by atomic mass is 10.1. The van der Waals surface area contributed by atoms with Gasteiger partial charge in [-0.15, -0.1) is 0 Å². The van der Waals surface area contributed by atoms with Gasteiger partial charge in [0.15, 0.2) is 0 Å². The van der Waals surface area contributed by atoms with Gasteiger partial charge in [0.25, 0.3) is 10.2 Å². The van der Waals surface area contributed by atoms with Crippen LogP contribution in [-0.4, -0.2) is 20.1 Å². The molecule has 0 fully saturated rings. The molecule has 0 saturated carbocycles. The Morgan fingerprint density at radius 1 is 1.24 bits per heavy atom. The van der Waals surface area contributed by atoms with Crippen LogP contribution in [0.25, 0.3) is 0 Å². The topological polar surface area (TPSA) is 78.4 Å². The first kappa shape index (κ1) is 13.8. The maximum atomic E-state index is 11.6. The third-order valence-corrected chi connectivity index (χ3v) is 3.40. The molecule has 0 amide bonds. The average Bonchev–Trinajstić information content (AvgIpc) is 2.23. The first-order valence-corrected chi connectivity index (χ1v) is 6.91. The molecule has 0 aromatic heterocycles. The van der Waals surface area contributed by atoms with Gasteiger partial charge in [-0.05, 0) is 43.5 Å². The van der Waals surface area contributed by atoms with Crippen LogP contribution in [0.5, 0.6) is 5.75 Å². The molecular weight excluding hydrogens is 240 g/mol. The Kier molecular flexibility index (Phi) is 4.36. The van der Waals surface area contributed by atoms with Crippen molar-refractivity contribution in [3.63, 3.8) is 0 Å². The van der Waals surface area contributed by atoms with Crippen molar-refractivity contribution in [1.82, 2.24) is 4.72 Å². The van der Waals surface area contributed by atoms with Crippen LogP contribution in [0.2, 0.25) is 0 Å². The fourth-order valence-electron chi connectivity index (χ4n) is 1.33. The summed E-state index contributed by atoms with van der Waals surface area (Å²) in [5, 5.41) is 9.47. The van der Waals surface area contributed by atoms with Crippen molar-refractivity contribution in [2.24, 2.45) is 0 Å². The third-order valence-electron chi connectivity index (χ3n) is 2.33. The summed E-state index contributed by atoms with van der Waals surface area (Å²) >= 11 is 0. The minimum atomic E-state index is -3.53. The molecule has 17 heavy (non-hydrogen) atoms. The predicted octanol–water partition coefficient (Wildman–Crippen LogP) is 1.67. The standard InChI is InChI=1S/C11H18N2O3S/c1-4-5-12-17(15,16)13-10-6-9(3)11(14)7-8(10)2/h6-7,12-14H,4-5H2,1-3H3. The number of aryl methyl sites for hydroxylation is 2. The molecule has 1 rings (SSSR count). The van der Waals surface area contributed by atoms with Crippen LogP contribution < -0.4 is 9.44 Å². The highest BCUT2D eigenvalue weighted by Gasteiger charge is 2.11. The van der Waals surface area contributed by atoms with E-state index in [4.69, 9.17) is 0 Å². The zero-order valence-corrected chi connectivity index (χ0v) is 11.1. The highest BCUT2D eigenvalue weighted by Crippen LogP contribution is 2.25. The van der Waals surface area contributed by atoms with Crippen molar-refractivity contribution < 1.29 is 13.5 Å². The molecule has 0 saturated heterocycles. The SMILES string of the molecule is CCCNS(=O)(=O)Nc1cc(C)c(O)cc1C. The number of hydrogen-bond acceptors (Lipinski definition) is 3. The number of rotatable bonds is 5. The molecule has 0 bridgehead atoms. The Balaban J connectivity index is 2.92. The molecule has 0 aliphatic rings. The number of phenolic OH excluding ortho intramolecular Hbond substituents is 1. The number of hydrogen-bond donors (Lipinski definition) is 3. The van der Waals surface area contributed by atoms with Gasteiger partial charge in [0.1, 0.15) is 5.75 Å². The molecule has 0 heterocycles. The summed E-state index contributed by atoms with van der Waals surface area (Å²) in [4.78, 5) is 0. The normalized spacial score (nSPS) is 11.5. The molecule has 3 N–H and O–H groups in total. The molecule has 6 heteroatoms. The van der Waals surface area contributed by atoms with Crippen LogP contribution in [0.3, 0.4) is 0 Å². The second kappa shape index (κ2) is 5.37. The molecule has 0 atom stereocenters. The van der Waals surface area contributed by atoms with Gasteiger partial charge in [-0.1, -0.05) is 6.92 Å². The van der Waals surface area contributed by atoms with E-state index >= 15 is 0 Å². The molecule has 1 aromatic carbocycles. The largest absolute Gasteiger partial charge is 0.508 e. The Morgan fingerprint density at radius 2 is 1.88 bits per heavy atom. The fraction of sp³-hybridized carbons (Fsp3) is 0.455. The highest BCUT2D eigenvalue weighted by molar-refractivity contribution is 7.90. The predicted molar refractivity (Wildman–Crippen MR) is 68.4 cm³/mol. The summed E-state index contributed by atoms with van der Waals surface area (Å²) in [6.45, 7) is 5.73. The summed E-state index contributed by atoms with van der Waals surface area (Å²) in [6, 6.07) is 3.14. The lowest BCUT2D eigenvalue weighted by Gasteiger charge is -2.12. The molecular formula is C11H18N2O3S. The lowest BCUT2D eigenvalue weighted by molar-refractivity contribution is 0.471. The number of aromatic hydroxyl groups is 1. The van der Waals surface area contributed by atoms with Gasteiger partial charge in [-0.2, -0.15) is 13.1 Å². The fourth-order valence-corrected chi connectivity index (χ4v) is 2.38. The van der Waals surface area contributed by atoms with Crippen LogP contribution in [0.4, 0.5) is 5.69 Å². The number of anilines is 1. The van der Waals surface area contributed by atoms with Gasteiger partial charge >= 0.3 is 0 Å². The Labute approximate surface area is 102 Å². The lowest BCUT2D eigenvalue weighted by Crippen LogP contribution is -2.30.